The fourth-order valence-electron chi connectivity index (χ4n) is 1.14. The molecule has 0 unspecified atom stereocenters. The third-order valence-corrected chi connectivity index (χ3v) is 2.25. The largest absolute Gasteiger partial charge is 0.353 e. The van der Waals surface area contributed by atoms with E-state index in [1.807, 2.05) is 19.0 Å². The molecule has 2 N–H and O–H groups in total. The Hall–Kier alpha value is -1.10. The van der Waals surface area contributed by atoms with Gasteiger partial charge in [-0.15, -0.1) is 0 Å². The summed E-state index contributed by atoms with van der Waals surface area (Å²) in [6, 6.07) is 0. The summed E-state index contributed by atoms with van der Waals surface area (Å²) in [7, 11) is 3.89. The molecule has 0 heterocycles. The van der Waals surface area contributed by atoms with Crippen molar-refractivity contribution in [2.24, 2.45) is 5.92 Å². The second-order valence-electron chi connectivity index (χ2n) is 4.15. The molecular weight excluding hydrogens is 194 g/mol. The molecule has 0 bridgehead atoms. The SMILES string of the molecule is CN(C)CCNC(=O)CNC(=O)C1CC1. The van der Waals surface area contributed by atoms with Crippen LogP contribution in [0.5, 0.6) is 0 Å². The van der Waals surface area contributed by atoms with Gasteiger partial charge in [0.05, 0.1) is 6.54 Å². The summed E-state index contributed by atoms with van der Waals surface area (Å²) in [5.74, 6) is 0.0585. The van der Waals surface area contributed by atoms with Crippen LogP contribution in [0, 0.1) is 5.92 Å². The van der Waals surface area contributed by atoms with Crippen LogP contribution in [0.1, 0.15) is 12.8 Å². The number of amides is 2. The van der Waals surface area contributed by atoms with E-state index in [0.29, 0.717) is 6.54 Å². The molecule has 5 nitrogen and oxygen atoms in total. The zero-order chi connectivity index (χ0) is 11.3. The van der Waals surface area contributed by atoms with Gasteiger partial charge in [0.1, 0.15) is 0 Å². The van der Waals surface area contributed by atoms with Crippen LogP contribution in [0.2, 0.25) is 0 Å². The van der Waals surface area contributed by atoms with Gasteiger partial charge in [-0.2, -0.15) is 0 Å². The Kier molecular flexibility index (Phi) is 4.55. The van der Waals surface area contributed by atoms with Gasteiger partial charge in [0.15, 0.2) is 0 Å². The highest BCUT2D eigenvalue weighted by atomic mass is 16.2. The average molecular weight is 213 g/mol. The van der Waals surface area contributed by atoms with E-state index in [2.05, 4.69) is 10.6 Å². The molecule has 5 heteroatoms. The fourth-order valence-corrected chi connectivity index (χ4v) is 1.14. The Balaban J connectivity index is 2.00. The molecular formula is C10H19N3O2. The van der Waals surface area contributed by atoms with Gasteiger partial charge in [-0.05, 0) is 26.9 Å². The van der Waals surface area contributed by atoms with E-state index in [4.69, 9.17) is 0 Å². The minimum Gasteiger partial charge on any atom is -0.353 e. The Morgan fingerprint density at radius 2 is 1.93 bits per heavy atom. The molecule has 1 saturated carbocycles. The first kappa shape index (κ1) is 12.0. The van der Waals surface area contributed by atoms with Crippen molar-refractivity contribution in [2.45, 2.75) is 12.8 Å². The highest BCUT2D eigenvalue weighted by Gasteiger charge is 2.29. The van der Waals surface area contributed by atoms with Crippen molar-refractivity contribution in [3.05, 3.63) is 0 Å². The van der Waals surface area contributed by atoms with Crippen LogP contribution in [0.4, 0.5) is 0 Å². The second kappa shape index (κ2) is 5.70. The monoisotopic (exact) mass is 213 g/mol. The van der Waals surface area contributed by atoms with Gasteiger partial charge in [-0.3, -0.25) is 9.59 Å². The maximum atomic E-state index is 11.2. The molecule has 15 heavy (non-hydrogen) atoms. The Labute approximate surface area is 90.2 Å². The number of nitrogens with zero attached hydrogens (tertiary/aromatic N) is 1. The van der Waals surface area contributed by atoms with Crippen LogP contribution in [0.25, 0.3) is 0 Å². The normalized spacial score (nSPS) is 15.1. The number of likely N-dealkylation sites (N-methyl/N-ethyl adjacent to an activating group) is 1. The molecule has 1 fully saturated rings. The number of carbonyl (C=O) groups excluding carboxylic acids is 2. The van der Waals surface area contributed by atoms with E-state index < -0.39 is 0 Å². The first-order valence-corrected chi connectivity index (χ1v) is 5.28. The van der Waals surface area contributed by atoms with E-state index in [0.717, 1.165) is 19.4 Å². The third-order valence-electron chi connectivity index (χ3n) is 2.25. The van der Waals surface area contributed by atoms with Gasteiger partial charge < -0.3 is 15.5 Å². The molecule has 0 aromatic heterocycles. The van der Waals surface area contributed by atoms with Crippen molar-refractivity contribution in [2.75, 3.05) is 33.7 Å². The average Bonchev–Trinajstić information content (AvgIpc) is 2.96. The summed E-state index contributed by atoms with van der Waals surface area (Å²) in [4.78, 5) is 24.4. The lowest BCUT2D eigenvalue weighted by molar-refractivity contribution is -0.126. The van der Waals surface area contributed by atoms with Gasteiger partial charge >= 0.3 is 0 Å². The van der Waals surface area contributed by atoms with Gasteiger partial charge in [-0.25, -0.2) is 0 Å². The van der Waals surface area contributed by atoms with Crippen LogP contribution < -0.4 is 10.6 Å². The first-order valence-electron chi connectivity index (χ1n) is 5.28. The number of carbonyl (C=O) groups is 2. The summed E-state index contributed by atoms with van der Waals surface area (Å²) in [6.07, 6.45) is 1.93. The molecule has 0 aromatic carbocycles. The van der Waals surface area contributed by atoms with E-state index in [9.17, 15) is 9.59 Å². The third kappa shape index (κ3) is 5.37. The highest BCUT2D eigenvalue weighted by Crippen LogP contribution is 2.28. The van der Waals surface area contributed by atoms with Crippen LogP contribution in [-0.4, -0.2) is 50.4 Å². The Bertz CT molecular complexity index is 237. The molecule has 0 radical (unpaired) electrons. The molecule has 0 aromatic rings. The van der Waals surface area contributed by atoms with Gasteiger partial charge in [0.25, 0.3) is 0 Å². The molecule has 1 rings (SSSR count). The van der Waals surface area contributed by atoms with Crippen molar-refractivity contribution >= 4 is 11.8 Å². The summed E-state index contributed by atoms with van der Waals surface area (Å²) in [5.41, 5.74) is 0. The van der Waals surface area contributed by atoms with Crippen LogP contribution in [0.15, 0.2) is 0 Å². The number of hydrogen-bond donors (Lipinski definition) is 2. The van der Waals surface area contributed by atoms with Gasteiger partial charge in [-0.1, -0.05) is 0 Å². The molecule has 2 amide bonds. The number of rotatable bonds is 6. The van der Waals surface area contributed by atoms with Gasteiger partial charge in [0, 0.05) is 19.0 Å². The van der Waals surface area contributed by atoms with E-state index in [1.165, 1.54) is 0 Å². The maximum Gasteiger partial charge on any atom is 0.239 e. The lowest BCUT2D eigenvalue weighted by Crippen LogP contribution is -2.39. The number of hydrogen-bond acceptors (Lipinski definition) is 3. The quantitative estimate of drug-likeness (QED) is 0.606. The van der Waals surface area contributed by atoms with Crippen molar-refractivity contribution in [3.8, 4) is 0 Å². The standard InChI is InChI=1S/C10H19N3O2/c1-13(2)6-5-11-9(14)7-12-10(15)8-3-4-8/h8H,3-7H2,1-2H3,(H,11,14)(H,12,15). The second-order valence-corrected chi connectivity index (χ2v) is 4.15. The molecule has 1 aliphatic carbocycles. The van der Waals surface area contributed by atoms with E-state index in [1.54, 1.807) is 0 Å². The van der Waals surface area contributed by atoms with Crippen LogP contribution in [-0.2, 0) is 9.59 Å². The number of nitrogens with one attached hydrogen (secondary N) is 2. The van der Waals surface area contributed by atoms with Crippen molar-refractivity contribution in [1.29, 1.82) is 0 Å². The lowest BCUT2D eigenvalue weighted by atomic mass is 10.4. The molecule has 1 aliphatic rings. The summed E-state index contributed by atoms with van der Waals surface area (Å²) in [6.45, 7) is 1.52. The minimum atomic E-state index is -0.120. The molecule has 0 aliphatic heterocycles. The highest BCUT2D eigenvalue weighted by molar-refractivity contribution is 5.86. The van der Waals surface area contributed by atoms with Gasteiger partial charge in [0.2, 0.25) is 11.8 Å². The summed E-state index contributed by atoms with van der Waals surface area (Å²) >= 11 is 0. The molecule has 0 atom stereocenters. The predicted molar refractivity (Wildman–Crippen MR) is 57.3 cm³/mol. The zero-order valence-corrected chi connectivity index (χ0v) is 9.38. The smallest absolute Gasteiger partial charge is 0.239 e. The van der Waals surface area contributed by atoms with Crippen molar-refractivity contribution in [3.63, 3.8) is 0 Å². The zero-order valence-electron chi connectivity index (χ0n) is 9.38. The van der Waals surface area contributed by atoms with E-state index in [-0.39, 0.29) is 24.3 Å². The molecule has 0 spiro atoms. The fraction of sp³-hybridized carbons (Fsp3) is 0.800. The molecule has 0 saturated heterocycles. The predicted octanol–water partition coefficient (Wildman–Crippen LogP) is -0.810. The van der Waals surface area contributed by atoms with Crippen molar-refractivity contribution in [1.82, 2.24) is 15.5 Å². The minimum absolute atomic E-state index is 0.0118. The summed E-state index contributed by atoms with van der Waals surface area (Å²) < 4.78 is 0. The maximum absolute atomic E-state index is 11.2. The topological polar surface area (TPSA) is 61.4 Å². The van der Waals surface area contributed by atoms with E-state index >= 15 is 0 Å². The summed E-state index contributed by atoms with van der Waals surface area (Å²) in [5, 5.41) is 5.35. The lowest BCUT2D eigenvalue weighted by Gasteiger charge is -2.10. The van der Waals surface area contributed by atoms with Crippen LogP contribution >= 0.6 is 0 Å². The first-order chi connectivity index (χ1) is 7.09. The molecule has 86 valence electrons. The Morgan fingerprint density at radius 3 is 2.47 bits per heavy atom. The Morgan fingerprint density at radius 1 is 1.27 bits per heavy atom. The van der Waals surface area contributed by atoms with Crippen molar-refractivity contribution < 1.29 is 9.59 Å². The van der Waals surface area contributed by atoms with Crippen LogP contribution in [0.3, 0.4) is 0 Å².